The van der Waals surface area contributed by atoms with Crippen LogP contribution in [-0.2, 0) is 6.42 Å². The minimum Gasteiger partial charge on any atom is -0.497 e. The molecule has 25 heavy (non-hydrogen) atoms. The molecule has 1 aromatic heterocycles. The van der Waals surface area contributed by atoms with Crippen LogP contribution in [0.15, 0.2) is 42.6 Å². The molecule has 0 aliphatic heterocycles. The number of hydrogen-bond acceptors (Lipinski definition) is 4. The number of unbranched alkanes of at least 4 members (excludes halogenated alkanes) is 2. The second-order valence-corrected chi connectivity index (χ2v) is 5.92. The van der Waals surface area contributed by atoms with Crippen LogP contribution in [0.1, 0.15) is 42.2 Å². The Labute approximate surface area is 149 Å². The Balaban J connectivity index is 1.76. The van der Waals surface area contributed by atoms with Crippen molar-refractivity contribution in [1.82, 2.24) is 10.3 Å². The minimum absolute atomic E-state index is 0.112. The largest absolute Gasteiger partial charge is 0.497 e. The fraction of sp³-hybridized carbons (Fsp3) is 0.400. The Morgan fingerprint density at radius 3 is 2.76 bits per heavy atom. The first-order valence-corrected chi connectivity index (χ1v) is 8.84. The number of ether oxygens (including phenoxy) is 1. The number of aromatic nitrogens is 1. The maximum absolute atomic E-state index is 12.0. The van der Waals surface area contributed by atoms with Gasteiger partial charge in [0.1, 0.15) is 11.4 Å². The third-order valence-electron chi connectivity index (χ3n) is 3.94. The Bertz CT molecular complexity index is 656. The van der Waals surface area contributed by atoms with E-state index in [0.717, 1.165) is 43.7 Å². The summed E-state index contributed by atoms with van der Waals surface area (Å²) in [6, 6.07) is 11.7. The van der Waals surface area contributed by atoms with Gasteiger partial charge in [0.25, 0.3) is 5.91 Å². The molecule has 2 rings (SSSR count). The Kier molecular flexibility index (Phi) is 7.76. The lowest BCUT2D eigenvalue weighted by Crippen LogP contribution is -2.25. The topological polar surface area (TPSA) is 63.2 Å². The maximum atomic E-state index is 12.0. The van der Waals surface area contributed by atoms with E-state index in [1.807, 2.05) is 24.3 Å². The van der Waals surface area contributed by atoms with Gasteiger partial charge in [-0.1, -0.05) is 31.9 Å². The highest BCUT2D eigenvalue weighted by molar-refractivity contribution is 5.92. The first kappa shape index (κ1) is 18.8. The van der Waals surface area contributed by atoms with E-state index < -0.39 is 0 Å². The predicted octanol–water partition coefficient (Wildman–Crippen LogP) is 3.66. The number of methoxy groups -OCH3 is 1. The average molecular weight is 341 g/mol. The van der Waals surface area contributed by atoms with Crippen LogP contribution >= 0.6 is 0 Å². The molecule has 1 heterocycles. The maximum Gasteiger partial charge on any atom is 0.269 e. The normalized spacial score (nSPS) is 10.3. The van der Waals surface area contributed by atoms with Crippen molar-refractivity contribution in [2.45, 2.75) is 32.6 Å². The number of benzene rings is 1. The van der Waals surface area contributed by atoms with E-state index in [9.17, 15) is 4.79 Å². The fourth-order valence-corrected chi connectivity index (χ4v) is 2.48. The lowest BCUT2D eigenvalue weighted by atomic mass is 10.1. The molecule has 5 nitrogen and oxygen atoms in total. The van der Waals surface area contributed by atoms with Crippen LogP contribution in [0.4, 0.5) is 5.69 Å². The van der Waals surface area contributed by atoms with E-state index in [1.54, 1.807) is 19.4 Å². The molecule has 0 atom stereocenters. The molecule has 0 unspecified atom stereocenters. The third-order valence-corrected chi connectivity index (χ3v) is 3.94. The molecule has 0 saturated heterocycles. The second-order valence-electron chi connectivity index (χ2n) is 5.92. The molecular formula is C20H27N3O2. The number of carbonyl (C=O) groups is 1. The molecule has 0 aliphatic rings. The second kappa shape index (κ2) is 10.3. The molecule has 0 saturated carbocycles. The monoisotopic (exact) mass is 341 g/mol. The summed E-state index contributed by atoms with van der Waals surface area (Å²) in [6.07, 6.45) is 5.86. The molecule has 0 aliphatic carbocycles. The van der Waals surface area contributed by atoms with Crippen LogP contribution in [-0.4, -0.2) is 31.1 Å². The van der Waals surface area contributed by atoms with Crippen molar-refractivity contribution in [1.29, 1.82) is 0 Å². The predicted molar refractivity (Wildman–Crippen MR) is 101 cm³/mol. The number of nitrogens with zero attached hydrogens (tertiary/aromatic N) is 1. The summed E-state index contributed by atoms with van der Waals surface area (Å²) in [4.78, 5) is 16.2. The zero-order valence-corrected chi connectivity index (χ0v) is 15.0. The number of pyridine rings is 1. The zero-order chi connectivity index (χ0) is 17.9. The molecule has 134 valence electrons. The van der Waals surface area contributed by atoms with Gasteiger partial charge in [-0.25, -0.2) is 4.98 Å². The van der Waals surface area contributed by atoms with Crippen molar-refractivity contribution in [2.75, 3.05) is 25.5 Å². The van der Waals surface area contributed by atoms with Gasteiger partial charge in [-0.2, -0.15) is 0 Å². The molecule has 2 N–H and O–H groups in total. The van der Waals surface area contributed by atoms with E-state index in [4.69, 9.17) is 4.74 Å². The fourth-order valence-electron chi connectivity index (χ4n) is 2.48. The first-order valence-electron chi connectivity index (χ1n) is 8.84. The highest BCUT2D eigenvalue weighted by Gasteiger charge is 2.06. The van der Waals surface area contributed by atoms with Gasteiger partial charge in [0.15, 0.2) is 0 Å². The minimum atomic E-state index is -0.112. The van der Waals surface area contributed by atoms with Crippen LogP contribution < -0.4 is 15.4 Å². The number of hydrogen-bond donors (Lipinski definition) is 2. The Hall–Kier alpha value is -2.56. The lowest BCUT2D eigenvalue weighted by molar-refractivity contribution is 0.0948. The standard InChI is InChI=1S/C20H27N3O2/c1-3-4-5-12-22-20(24)19-10-9-17(15-23-19)21-13-11-16-7-6-8-18(14-16)25-2/h6-10,14-15,21H,3-5,11-13H2,1-2H3,(H,22,24). The summed E-state index contributed by atoms with van der Waals surface area (Å²) < 4.78 is 5.23. The van der Waals surface area contributed by atoms with Crippen LogP contribution in [0.2, 0.25) is 0 Å². The smallest absolute Gasteiger partial charge is 0.269 e. The first-order chi connectivity index (χ1) is 12.2. The lowest BCUT2D eigenvalue weighted by Gasteiger charge is -2.08. The van der Waals surface area contributed by atoms with Crippen LogP contribution in [0.3, 0.4) is 0 Å². The summed E-state index contributed by atoms with van der Waals surface area (Å²) in [6.45, 7) is 3.63. The molecule has 0 radical (unpaired) electrons. The Morgan fingerprint density at radius 1 is 1.16 bits per heavy atom. The van der Waals surface area contributed by atoms with Crippen LogP contribution in [0, 0.1) is 0 Å². The Morgan fingerprint density at radius 2 is 2.04 bits per heavy atom. The van der Waals surface area contributed by atoms with Crippen molar-refractivity contribution in [3.05, 3.63) is 53.9 Å². The van der Waals surface area contributed by atoms with E-state index in [2.05, 4.69) is 28.6 Å². The van der Waals surface area contributed by atoms with Crippen molar-refractivity contribution in [3.63, 3.8) is 0 Å². The third kappa shape index (κ3) is 6.45. The quantitative estimate of drug-likeness (QED) is 0.647. The van der Waals surface area contributed by atoms with Crippen molar-refractivity contribution in [3.8, 4) is 5.75 Å². The summed E-state index contributed by atoms with van der Waals surface area (Å²) in [5, 5.41) is 6.22. The highest BCUT2D eigenvalue weighted by Crippen LogP contribution is 2.13. The molecule has 0 fully saturated rings. The van der Waals surface area contributed by atoms with Gasteiger partial charge >= 0.3 is 0 Å². The van der Waals surface area contributed by atoms with Gasteiger partial charge < -0.3 is 15.4 Å². The molecule has 0 spiro atoms. The number of nitrogens with one attached hydrogen (secondary N) is 2. The molecule has 2 aromatic rings. The zero-order valence-electron chi connectivity index (χ0n) is 15.0. The molecule has 5 heteroatoms. The summed E-state index contributed by atoms with van der Waals surface area (Å²) in [7, 11) is 1.67. The van der Waals surface area contributed by atoms with E-state index in [0.29, 0.717) is 12.2 Å². The molecule has 1 aromatic carbocycles. The number of carbonyl (C=O) groups excluding carboxylic acids is 1. The van der Waals surface area contributed by atoms with Gasteiger partial charge in [0.05, 0.1) is 19.0 Å². The van der Waals surface area contributed by atoms with E-state index in [1.165, 1.54) is 5.56 Å². The van der Waals surface area contributed by atoms with Gasteiger partial charge in [0, 0.05) is 13.1 Å². The molecule has 1 amide bonds. The summed E-state index contributed by atoms with van der Waals surface area (Å²) in [5.74, 6) is 0.757. The van der Waals surface area contributed by atoms with Gasteiger partial charge in [-0.15, -0.1) is 0 Å². The van der Waals surface area contributed by atoms with Crippen molar-refractivity contribution >= 4 is 11.6 Å². The summed E-state index contributed by atoms with van der Waals surface area (Å²) >= 11 is 0. The van der Waals surface area contributed by atoms with E-state index in [-0.39, 0.29) is 5.91 Å². The van der Waals surface area contributed by atoms with Crippen molar-refractivity contribution in [2.24, 2.45) is 0 Å². The molecular weight excluding hydrogens is 314 g/mol. The van der Waals surface area contributed by atoms with Crippen molar-refractivity contribution < 1.29 is 9.53 Å². The summed E-state index contributed by atoms with van der Waals surface area (Å²) in [5.41, 5.74) is 2.57. The van der Waals surface area contributed by atoms with Gasteiger partial charge in [-0.3, -0.25) is 4.79 Å². The van der Waals surface area contributed by atoms with Crippen LogP contribution in [0.25, 0.3) is 0 Å². The van der Waals surface area contributed by atoms with Gasteiger partial charge in [-0.05, 0) is 42.7 Å². The van der Waals surface area contributed by atoms with Gasteiger partial charge in [0.2, 0.25) is 0 Å². The number of rotatable bonds is 10. The SMILES string of the molecule is CCCCCNC(=O)c1ccc(NCCc2cccc(OC)c2)cn1. The molecule has 0 bridgehead atoms. The number of anilines is 1. The van der Waals surface area contributed by atoms with Crippen LogP contribution in [0.5, 0.6) is 5.75 Å². The average Bonchev–Trinajstić information content (AvgIpc) is 2.66. The van der Waals surface area contributed by atoms with E-state index >= 15 is 0 Å². The number of amides is 1. The highest BCUT2D eigenvalue weighted by atomic mass is 16.5.